The van der Waals surface area contributed by atoms with Gasteiger partial charge in [-0.1, -0.05) is 24.3 Å². The van der Waals surface area contributed by atoms with E-state index < -0.39 is 15.9 Å². The molecule has 1 N–H and O–H groups in total. The summed E-state index contributed by atoms with van der Waals surface area (Å²) in [6, 6.07) is 15.3. The van der Waals surface area contributed by atoms with Crippen LogP contribution >= 0.6 is 11.3 Å². The van der Waals surface area contributed by atoms with E-state index in [0.717, 1.165) is 25.9 Å². The van der Waals surface area contributed by atoms with Gasteiger partial charge in [0.2, 0.25) is 0 Å². The predicted octanol–water partition coefficient (Wildman–Crippen LogP) is 4.02. The zero-order valence-corrected chi connectivity index (χ0v) is 18.6. The molecular formula is C22H23N3O3S2. The highest BCUT2D eigenvalue weighted by Crippen LogP contribution is 2.25. The van der Waals surface area contributed by atoms with E-state index in [1.807, 2.05) is 38.3 Å². The smallest absolute Gasteiger partial charge is 0.264 e. The maximum absolute atomic E-state index is 13.3. The third-order valence-electron chi connectivity index (χ3n) is 4.67. The highest BCUT2D eigenvalue weighted by Gasteiger charge is 2.27. The topological polar surface area (TPSA) is 78.8 Å². The molecule has 1 amide bonds. The van der Waals surface area contributed by atoms with Crippen LogP contribution in [0, 0.1) is 20.8 Å². The second kappa shape index (κ2) is 9.23. The second-order valence-corrected chi connectivity index (χ2v) is 9.66. The Morgan fingerprint density at radius 1 is 1.03 bits per heavy atom. The molecule has 1 aromatic heterocycles. The normalized spacial score (nSPS) is 11.6. The quantitative estimate of drug-likeness (QED) is 0.444. The average molecular weight is 442 g/mol. The van der Waals surface area contributed by atoms with Gasteiger partial charge in [-0.05, 0) is 73.2 Å². The highest BCUT2D eigenvalue weighted by atomic mass is 32.2. The van der Waals surface area contributed by atoms with Crippen LogP contribution in [0.5, 0.6) is 0 Å². The van der Waals surface area contributed by atoms with E-state index in [4.69, 9.17) is 0 Å². The van der Waals surface area contributed by atoms with Gasteiger partial charge in [0, 0.05) is 4.88 Å². The Morgan fingerprint density at radius 3 is 2.40 bits per heavy atom. The minimum atomic E-state index is -3.93. The lowest BCUT2D eigenvalue weighted by atomic mass is 10.1. The third kappa shape index (κ3) is 4.95. The number of amides is 1. The van der Waals surface area contributed by atoms with Crippen molar-refractivity contribution in [2.75, 3.05) is 10.8 Å². The van der Waals surface area contributed by atoms with Crippen LogP contribution in [0.3, 0.4) is 0 Å². The van der Waals surface area contributed by atoms with Gasteiger partial charge < -0.3 is 0 Å². The van der Waals surface area contributed by atoms with E-state index in [1.54, 1.807) is 36.5 Å². The minimum absolute atomic E-state index is 0.119. The number of hydrazone groups is 1. The molecule has 6 nitrogen and oxygen atoms in total. The number of nitrogens with one attached hydrogen (secondary N) is 1. The zero-order valence-electron chi connectivity index (χ0n) is 17.0. The van der Waals surface area contributed by atoms with Crippen LogP contribution < -0.4 is 9.73 Å². The van der Waals surface area contributed by atoms with Crippen LogP contribution in [0.25, 0.3) is 0 Å². The van der Waals surface area contributed by atoms with E-state index in [-0.39, 0.29) is 11.4 Å². The third-order valence-corrected chi connectivity index (χ3v) is 7.41. The second-order valence-electron chi connectivity index (χ2n) is 6.85. The lowest BCUT2D eigenvalue weighted by Crippen LogP contribution is -2.39. The maximum atomic E-state index is 13.3. The molecule has 0 aliphatic rings. The van der Waals surface area contributed by atoms with Crippen LogP contribution in [0.1, 0.15) is 21.6 Å². The molecule has 0 bridgehead atoms. The summed E-state index contributed by atoms with van der Waals surface area (Å²) in [6.07, 6.45) is 1.56. The predicted molar refractivity (Wildman–Crippen MR) is 122 cm³/mol. The first-order valence-electron chi connectivity index (χ1n) is 9.30. The number of anilines is 1. The summed E-state index contributed by atoms with van der Waals surface area (Å²) in [6.45, 7) is 5.41. The molecule has 0 unspecified atom stereocenters. The van der Waals surface area contributed by atoms with Crippen molar-refractivity contribution in [2.24, 2.45) is 5.10 Å². The number of rotatable bonds is 7. The molecule has 0 aliphatic heterocycles. The molecule has 3 rings (SSSR count). The van der Waals surface area contributed by atoms with Gasteiger partial charge in [-0.3, -0.25) is 9.10 Å². The number of benzene rings is 2. The molecule has 8 heteroatoms. The molecule has 0 fully saturated rings. The van der Waals surface area contributed by atoms with Crippen LogP contribution in [-0.2, 0) is 14.8 Å². The van der Waals surface area contributed by atoms with E-state index in [2.05, 4.69) is 10.5 Å². The summed E-state index contributed by atoms with van der Waals surface area (Å²) in [5.41, 5.74) is 5.89. The number of aryl methyl sites for hydroxylation is 3. The van der Waals surface area contributed by atoms with E-state index in [0.29, 0.717) is 5.69 Å². The van der Waals surface area contributed by atoms with Crippen LogP contribution in [0.15, 0.2) is 70.0 Å². The summed E-state index contributed by atoms with van der Waals surface area (Å²) in [7, 11) is -3.93. The van der Waals surface area contributed by atoms with Gasteiger partial charge in [0.15, 0.2) is 0 Å². The minimum Gasteiger partial charge on any atom is -0.271 e. The van der Waals surface area contributed by atoms with Crippen molar-refractivity contribution < 1.29 is 13.2 Å². The van der Waals surface area contributed by atoms with Crippen molar-refractivity contribution in [1.29, 1.82) is 0 Å². The first-order valence-corrected chi connectivity index (χ1v) is 11.6. The molecule has 0 saturated heterocycles. The molecule has 1 heterocycles. The van der Waals surface area contributed by atoms with Gasteiger partial charge in [0.1, 0.15) is 6.54 Å². The van der Waals surface area contributed by atoms with Crippen molar-refractivity contribution in [3.8, 4) is 0 Å². The standard InChI is InChI=1S/C22H23N3O3S2/c1-16-9-10-19(13-18(16)3)25(30(27,28)20-7-5-4-6-8-20)15-22(26)24-23-14-21-17(2)11-12-29-21/h4-14H,15H2,1-3H3,(H,24,26)/b23-14+. The number of nitrogens with zero attached hydrogens (tertiary/aromatic N) is 2. The molecule has 0 atom stereocenters. The largest absolute Gasteiger partial charge is 0.271 e. The van der Waals surface area contributed by atoms with Crippen LogP contribution in [0.2, 0.25) is 0 Å². The SMILES string of the molecule is Cc1ccc(N(CC(=O)N/N=C/c2sccc2C)S(=O)(=O)c2ccccc2)cc1C. The number of hydrogen-bond donors (Lipinski definition) is 1. The molecule has 0 radical (unpaired) electrons. The van der Waals surface area contributed by atoms with Crippen molar-refractivity contribution in [2.45, 2.75) is 25.7 Å². The van der Waals surface area contributed by atoms with Gasteiger partial charge in [-0.2, -0.15) is 5.10 Å². The number of hydrogen-bond acceptors (Lipinski definition) is 5. The summed E-state index contributed by atoms with van der Waals surface area (Å²) in [5, 5.41) is 5.91. The van der Waals surface area contributed by atoms with Gasteiger partial charge in [0.25, 0.3) is 15.9 Å². The number of sulfonamides is 1. The monoisotopic (exact) mass is 441 g/mol. The molecule has 30 heavy (non-hydrogen) atoms. The zero-order chi connectivity index (χ0) is 21.7. The Balaban J connectivity index is 1.87. The fourth-order valence-electron chi connectivity index (χ4n) is 2.76. The molecule has 2 aromatic carbocycles. The average Bonchev–Trinajstić information content (AvgIpc) is 3.14. The van der Waals surface area contributed by atoms with Gasteiger partial charge in [-0.25, -0.2) is 13.8 Å². The molecule has 0 spiro atoms. The Hall–Kier alpha value is -2.97. The number of thiophene rings is 1. The molecule has 0 saturated carbocycles. The van der Waals surface area contributed by atoms with Gasteiger partial charge in [-0.15, -0.1) is 11.3 Å². The van der Waals surface area contributed by atoms with Crippen molar-refractivity contribution >= 4 is 39.2 Å². The van der Waals surface area contributed by atoms with Crippen molar-refractivity contribution in [3.05, 3.63) is 81.5 Å². The van der Waals surface area contributed by atoms with Gasteiger partial charge in [0.05, 0.1) is 16.8 Å². The van der Waals surface area contributed by atoms with Crippen LogP contribution in [0.4, 0.5) is 5.69 Å². The number of carbonyl (C=O) groups is 1. The molecule has 156 valence electrons. The fraction of sp³-hybridized carbons (Fsp3) is 0.182. The van der Waals surface area contributed by atoms with E-state index in [1.165, 1.54) is 23.5 Å². The Labute approximate surface area is 180 Å². The lowest BCUT2D eigenvalue weighted by molar-refractivity contribution is -0.119. The molecular weight excluding hydrogens is 418 g/mol. The fourth-order valence-corrected chi connectivity index (χ4v) is 4.98. The Morgan fingerprint density at radius 2 is 1.77 bits per heavy atom. The summed E-state index contributed by atoms with van der Waals surface area (Å²) >= 11 is 1.51. The van der Waals surface area contributed by atoms with Gasteiger partial charge >= 0.3 is 0 Å². The maximum Gasteiger partial charge on any atom is 0.264 e. The highest BCUT2D eigenvalue weighted by molar-refractivity contribution is 7.92. The molecule has 0 aliphatic carbocycles. The Bertz CT molecular complexity index is 1170. The summed E-state index contributed by atoms with van der Waals surface area (Å²) in [5.74, 6) is -0.529. The Kier molecular flexibility index (Phi) is 6.69. The van der Waals surface area contributed by atoms with Crippen molar-refractivity contribution in [3.63, 3.8) is 0 Å². The summed E-state index contributed by atoms with van der Waals surface area (Å²) < 4.78 is 27.7. The lowest BCUT2D eigenvalue weighted by Gasteiger charge is -2.24. The van der Waals surface area contributed by atoms with E-state index >= 15 is 0 Å². The van der Waals surface area contributed by atoms with E-state index in [9.17, 15) is 13.2 Å². The number of carbonyl (C=O) groups excluding carboxylic acids is 1. The summed E-state index contributed by atoms with van der Waals surface area (Å²) in [4.78, 5) is 13.6. The first kappa shape index (κ1) is 21.7. The van der Waals surface area contributed by atoms with Crippen LogP contribution in [-0.4, -0.2) is 27.1 Å². The first-order chi connectivity index (χ1) is 14.3. The molecule has 3 aromatic rings. The van der Waals surface area contributed by atoms with Crippen molar-refractivity contribution in [1.82, 2.24) is 5.43 Å².